The third-order valence-electron chi connectivity index (χ3n) is 10.2. The largest absolute Gasteiger partial charge is 0.506 e. The summed E-state index contributed by atoms with van der Waals surface area (Å²) in [5.41, 5.74) is 1.67. The van der Waals surface area contributed by atoms with Crippen LogP contribution in [-0.2, 0) is 46.6 Å². The predicted molar refractivity (Wildman–Crippen MR) is 217 cm³/mol. The van der Waals surface area contributed by atoms with E-state index in [-0.39, 0.29) is 59.3 Å². The van der Waals surface area contributed by atoms with Crippen molar-refractivity contribution in [2.24, 2.45) is 0 Å². The molecular formula is C41H46F2N8O9S. The molecule has 0 bridgehead atoms. The first-order valence-corrected chi connectivity index (χ1v) is 21.3. The number of likely N-dealkylation sites (tertiary alicyclic amines) is 2. The fraction of sp³-hybridized carbons (Fsp3) is 0.366. The number of piperazine rings is 2. The van der Waals surface area contributed by atoms with E-state index in [1.54, 1.807) is 51.1 Å². The van der Waals surface area contributed by atoms with Gasteiger partial charge in [0.25, 0.3) is 16.0 Å². The molecule has 4 aliphatic rings. The maximum atomic E-state index is 13.1. The summed E-state index contributed by atoms with van der Waals surface area (Å²) in [5, 5.41) is 21.4. The molecule has 2 aromatic heterocycles. The second-order valence-electron chi connectivity index (χ2n) is 14.6. The number of aromatic hydroxyl groups is 2. The summed E-state index contributed by atoms with van der Waals surface area (Å²) in [6.07, 6.45) is 3.64. The zero-order valence-corrected chi connectivity index (χ0v) is 34.1. The van der Waals surface area contributed by atoms with E-state index in [9.17, 15) is 41.5 Å². The van der Waals surface area contributed by atoms with Crippen molar-refractivity contribution in [3.8, 4) is 11.5 Å². The molecule has 0 radical (unpaired) electrons. The number of hydrogen-bond donors (Lipinski definition) is 3. The van der Waals surface area contributed by atoms with Crippen LogP contribution in [-0.4, -0.2) is 138 Å². The Morgan fingerprint density at radius 3 is 1.70 bits per heavy atom. The zero-order chi connectivity index (χ0) is 43.7. The molecule has 2 aromatic carbocycles. The lowest BCUT2D eigenvalue weighted by atomic mass is 10.1. The molecule has 2 atom stereocenters. The SMILES string of the molecule is CS(=O)(=O)O[C@H]1CCN(Cc2ccc(F)cc2)C1=O.O=C1C(N2CCN(c3ccc(O)cn3)C(=O)C2)CCN1Cc1ccc(F)cc1.O=C1CNCCN1c1ccc(O)cn1. The third kappa shape index (κ3) is 12.2. The monoisotopic (exact) mass is 864 g/mol. The Kier molecular flexibility index (Phi) is 14.6. The standard InChI is InChI=1S/C20H21FN4O3.C12H14FNO4S.C9H11N3O2/c21-15-3-1-14(2-4-15)12-24-8-7-17(20(24)28)23-9-10-25(19(27)13-23)18-6-5-16(26)11-22-18;1-19(16,17)18-11-6-7-14(12(11)15)8-9-2-4-10(13)5-3-9;13-7-1-2-8(11-5-7)12-4-3-10-6-9(12)14/h1-6,11,17,26H,7-10,12-13H2;2-5,11H,6-8H2,1H3;1-2,5,10,13H,3-4,6H2/t;11-;/m.0./s1. The van der Waals surface area contributed by atoms with Gasteiger partial charge in [-0.05, 0) is 66.1 Å². The first kappa shape index (κ1) is 44.5. The van der Waals surface area contributed by atoms with Gasteiger partial charge in [-0.15, -0.1) is 0 Å². The molecule has 6 heterocycles. The second kappa shape index (κ2) is 20.0. The molecule has 4 aliphatic heterocycles. The highest BCUT2D eigenvalue weighted by Gasteiger charge is 2.39. The van der Waals surface area contributed by atoms with E-state index in [2.05, 4.69) is 15.3 Å². The van der Waals surface area contributed by atoms with Gasteiger partial charge in [0.05, 0.1) is 37.8 Å². The minimum Gasteiger partial charge on any atom is -0.506 e. The molecule has 0 spiro atoms. The van der Waals surface area contributed by atoms with Crippen molar-refractivity contribution in [3.05, 3.63) is 108 Å². The maximum Gasteiger partial charge on any atom is 0.265 e. The highest BCUT2D eigenvalue weighted by molar-refractivity contribution is 7.86. The van der Waals surface area contributed by atoms with Crippen LogP contribution >= 0.6 is 0 Å². The Labute approximate surface area is 351 Å². The first-order valence-electron chi connectivity index (χ1n) is 19.4. The Morgan fingerprint density at radius 2 is 1.21 bits per heavy atom. The van der Waals surface area contributed by atoms with Gasteiger partial charge in [0.1, 0.15) is 34.8 Å². The van der Waals surface area contributed by atoms with Crippen LogP contribution in [0, 0.1) is 11.6 Å². The number of nitrogens with zero attached hydrogens (tertiary/aromatic N) is 7. The van der Waals surface area contributed by atoms with E-state index in [0.717, 1.165) is 23.9 Å². The molecule has 1 unspecified atom stereocenters. The first-order chi connectivity index (χ1) is 29.1. The highest BCUT2D eigenvalue weighted by Crippen LogP contribution is 2.24. The summed E-state index contributed by atoms with van der Waals surface area (Å²) >= 11 is 0. The summed E-state index contributed by atoms with van der Waals surface area (Å²) in [4.78, 5) is 65.2. The fourth-order valence-electron chi connectivity index (χ4n) is 7.13. The van der Waals surface area contributed by atoms with E-state index in [0.29, 0.717) is 76.8 Å². The van der Waals surface area contributed by atoms with Gasteiger partial charge in [0.15, 0.2) is 6.10 Å². The van der Waals surface area contributed by atoms with Gasteiger partial charge in [-0.2, -0.15) is 8.42 Å². The fourth-order valence-corrected chi connectivity index (χ4v) is 7.73. The molecule has 20 heteroatoms. The normalized spacial score (nSPS) is 19.7. The summed E-state index contributed by atoms with van der Waals surface area (Å²) in [5.74, 6) is 0.159. The number of nitrogens with one attached hydrogen (secondary N) is 1. The smallest absolute Gasteiger partial charge is 0.265 e. The predicted octanol–water partition coefficient (Wildman–Crippen LogP) is 2.00. The quantitative estimate of drug-likeness (QED) is 0.206. The van der Waals surface area contributed by atoms with Crippen molar-refractivity contribution < 1.29 is 50.8 Å². The Hall–Kier alpha value is -6.09. The van der Waals surface area contributed by atoms with Crippen LogP contribution in [0.4, 0.5) is 20.4 Å². The molecule has 4 amide bonds. The molecule has 4 aromatic rings. The minimum atomic E-state index is -3.64. The number of aromatic nitrogens is 2. The molecule has 324 valence electrons. The lowest BCUT2D eigenvalue weighted by molar-refractivity contribution is -0.134. The van der Waals surface area contributed by atoms with Crippen molar-refractivity contribution in [2.45, 2.75) is 38.1 Å². The Bertz CT molecular complexity index is 2270. The molecule has 0 aliphatic carbocycles. The number of rotatable bonds is 9. The van der Waals surface area contributed by atoms with Crippen LogP contribution in [0.3, 0.4) is 0 Å². The summed E-state index contributed by atoms with van der Waals surface area (Å²) in [6.45, 7) is 4.74. The van der Waals surface area contributed by atoms with Crippen molar-refractivity contribution in [1.82, 2.24) is 30.0 Å². The molecule has 8 rings (SSSR count). The lowest BCUT2D eigenvalue weighted by Gasteiger charge is -2.36. The van der Waals surface area contributed by atoms with E-state index in [4.69, 9.17) is 9.29 Å². The van der Waals surface area contributed by atoms with Crippen molar-refractivity contribution in [3.63, 3.8) is 0 Å². The van der Waals surface area contributed by atoms with Crippen LogP contribution in [0.25, 0.3) is 0 Å². The average molecular weight is 865 g/mol. The van der Waals surface area contributed by atoms with Gasteiger partial charge in [-0.25, -0.2) is 18.7 Å². The summed E-state index contributed by atoms with van der Waals surface area (Å²) < 4.78 is 52.5. The molecule has 0 saturated carbocycles. The summed E-state index contributed by atoms with van der Waals surface area (Å²) in [7, 11) is -3.64. The van der Waals surface area contributed by atoms with E-state index in [1.165, 1.54) is 53.7 Å². The van der Waals surface area contributed by atoms with Gasteiger partial charge in [-0.3, -0.25) is 38.1 Å². The molecule has 4 fully saturated rings. The highest BCUT2D eigenvalue weighted by atomic mass is 32.2. The number of pyridine rings is 2. The van der Waals surface area contributed by atoms with Gasteiger partial charge in [0.2, 0.25) is 17.7 Å². The van der Waals surface area contributed by atoms with Gasteiger partial charge in [-0.1, -0.05) is 24.3 Å². The maximum absolute atomic E-state index is 13.1. The molecule has 3 N–H and O–H groups in total. The molecule has 61 heavy (non-hydrogen) atoms. The molecule has 4 saturated heterocycles. The van der Waals surface area contributed by atoms with Crippen LogP contribution in [0.2, 0.25) is 0 Å². The Morgan fingerprint density at radius 1 is 0.689 bits per heavy atom. The van der Waals surface area contributed by atoms with Crippen LogP contribution < -0.4 is 15.1 Å². The minimum absolute atomic E-state index is 0.00772. The molecule has 17 nitrogen and oxygen atoms in total. The van der Waals surface area contributed by atoms with Crippen molar-refractivity contribution in [1.29, 1.82) is 0 Å². The summed E-state index contributed by atoms with van der Waals surface area (Å²) in [6, 6.07) is 17.9. The zero-order valence-electron chi connectivity index (χ0n) is 33.3. The average Bonchev–Trinajstić information content (AvgIpc) is 3.76. The van der Waals surface area contributed by atoms with E-state index >= 15 is 0 Å². The van der Waals surface area contributed by atoms with Gasteiger partial charge in [0, 0.05) is 58.8 Å². The topological polar surface area (TPSA) is 206 Å². The number of carbonyl (C=O) groups excluding carboxylic acids is 4. The van der Waals surface area contributed by atoms with Crippen molar-refractivity contribution >= 4 is 45.4 Å². The molecular weight excluding hydrogens is 819 g/mol. The van der Waals surface area contributed by atoms with Gasteiger partial charge < -0.3 is 25.3 Å². The number of halogens is 2. The number of amides is 4. The number of hydrogen-bond acceptors (Lipinski definition) is 13. The van der Waals surface area contributed by atoms with Crippen LogP contribution in [0.15, 0.2) is 85.2 Å². The van der Waals surface area contributed by atoms with Crippen LogP contribution in [0.5, 0.6) is 11.5 Å². The van der Waals surface area contributed by atoms with Gasteiger partial charge >= 0.3 is 0 Å². The van der Waals surface area contributed by atoms with Crippen LogP contribution in [0.1, 0.15) is 24.0 Å². The van der Waals surface area contributed by atoms with E-state index in [1.807, 2.05) is 4.90 Å². The van der Waals surface area contributed by atoms with E-state index < -0.39 is 16.2 Å². The van der Waals surface area contributed by atoms with Crippen molar-refractivity contribution in [2.75, 3.05) is 68.4 Å². The Balaban J connectivity index is 0.000000164. The lowest BCUT2D eigenvalue weighted by Crippen LogP contribution is -2.55. The second-order valence-corrected chi connectivity index (χ2v) is 16.2. The number of anilines is 2. The number of benzene rings is 2. The number of carbonyl (C=O) groups is 4. The third-order valence-corrected chi connectivity index (χ3v) is 10.8.